The number of nitrogens with one attached hydrogen (secondary N) is 2. The normalized spacial score (nSPS) is 10.3. The summed E-state index contributed by atoms with van der Waals surface area (Å²) in [6.45, 7) is 4.60. The predicted molar refractivity (Wildman–Crippen MR) is 99.6 cm³/mol. The van der Waals surface area contributed by atoms with Crippen molar-refractivity contribution in [1.29, 1.82) is 0 Å². The average molecular weight is 339 g/mol. The molecule has 2 N–H and O–H groups in total. The first-order valence-electron chi connectivity index (χ1n) is 8.68. The average Bonchev–Trinajstić information content (AvgIpc) is 2.62. The van der Waals surface area contributed by atoms with E-state index in [4.69, 9.17) is 0 Å². The molecule has 25 heavy (non-hydrogen) atoms. The number of carbonyl (C=O) groups excluding carboxylic acids is 2. The lowest BCUT2D eigenvalue weighted by Crippen LogP contribution is -2.26. The van der Waals surface area contributed by atoms with Gasteiger partial charge in [0.1, 0.15) is 0 Å². The Hall–Kier alpha value is -2.69. The molecule has 1 aromatic heterocycles. The lowest BCUT2D eigenvalue weighted by atomic mass is 10.1. The van der Waals surface area contributed by atoms with Crippen LogP contribution in [0.15, 0.2) is 42.6 Å². The highest BCUT2D eigenvalue weighted by Gasteiger charge is 2.07. The highest BCUT2D eigenvalue weighted by Crippen LogP contribution is 2.11. The van der Waals surface area contributed by atoms with Gasteiger partial charge in [0.05, 0.1) is 0 Å². The first kappa shape index (κ1) is 18.6. The Morgan fingerprint density at radius 2 is 1.88 bits per heavy atom. The number of aryl methyl sites for hydroxylation is 1. The minimum atomic E-state index is -0.127. The van der Waals surface area contributed by atoms with Gasteiger partial charge >= 0.3 is 0 Å². The summed E-state index contributed by atoms with van der Waals surface area (Å²) in [6.07, 6.45) is 4.85. The van der Waals surface area contributed by atoms with Crippen LogP contribution in [0.4, 0.5) is 5.69 Å². The van der Waals surface area contributed by atoms with E-state index in [1.807, 2.05) is 19.1 Å². The molecule has 0 fully saturated rings. The molecule has 2 rings (SSSR count). The molecule has 1 heterocycles. The summed E-state index contributed by atoms with van der Waals surface area (Å²) in [4.78, 5) is 28.2. The first-order valence-corrected chi connectivity index (χ1v) is 8.68. The van der Waals surface area contributed by atoms with Gasteiger partial charge in [0.15, 0.2) is 0 Å². The minimum Gasteiger partial charge on any atom is -0.352 e. The Kier molecular flexibility index (Phi) is 7.14. The topological polar surface area (TPSA) is 71.1 Å². The van der Waals surface area contributed by atoms with Crippen molar-refractivity contribution in [3.63, 3.8) is 0 Å². The molecule has 2 amide bonds. The predicted octanol–water partition coefficient (Wildman–Crippen LogP) is 3.49. The van der Waals surface area contributed by atoms with E-state index in [0.29, 0.717) is 30.6 Å². The molecule has 5 heteroatoms. The molecule has 0 aliphatic heterocycles. The lowest BCUT2D eigenvalue weighted by molar-refractivity contribution is -0.116. The Labute approximate surface area is 148 Å². The number of aromatic nitrogens is 1. The number of hydrogen-bond acceptors (Lipinski definition) is 3. The summed E-state index contributed by atoms with van der Waals surface area (Å²) in [5.74, 6) is -0.123. The minimum absolute atomic E-state index is 0.00443. The molecule has 5 nitrogen and oxygen atoms in total. The van der Waals surface area contributed by atoms with Crippen molar-refractivity contribution in [2.45, 2.75) is 39.5 Å². The van der Waals surface area contributed by atoms with E-state index in [1.165, 1.54) is 0 Å². The lowest BCUT2D eigenvalue weighted by Gasteiger charge is -2.08. The van der Waals surface area contributed by atoms with Crippen molar-refractivity contribution in [2.75, 3.05) is 11.9 Å². The van der Waals surface area contributed by atoms with E-state index in [2.05, 4.69) is 22.5 Å². The van der Waals surface area contributed by atoms with Gasteiger partial charge < -0.3 is 10.6 Å². The second-order valence-electron chi connectivity index (χ2n) is 6.00. The van der Waals surface area contributed by atoms with Crippen LogP contribution in [0, 0.1) is 6.92 Å². The van der Waals surface area contributed by atoms with Gasteiger partial charge in [0, 0.05) is 42.5 Å². The van der Waals surface area contributed by atoms with Gasteiger partial charge in [-0.05, 0) is 49.2 Å². The van der Waals surface area contributed by atoms with E-state index < -0.39 is 0 Å². The van der Waals surface area contributed by atoms with E-state index >= 15 is 0 Å². The summed E-state index contributed by atoms with van der Waals surface area (Å²) in [5.41, 5.74) is 3.40. The quantitative estimate of drug-likeness (QED) is 0.773. The van der Waals surface area contributed by atoms with E-state index in [0.717, 1.165) is 24.1 Å². The fourth-order valence-electron chi connectivity index (χ4n) is 2.44. The smallest absolute Gasteiger partial charge is 0.251 e. The molecule has 0 saturated heterocycles. The van der Waals surface area contributed by atoms with Gasteiger partial charge in [0.25, 0.3) is 5.91 Å². The molecule has 0 radical (unpaired) electrons. The van der Waals surface area contributed by atoms with Crippen LogP contribution in [0.25, 0.3) is 0 Å². The van der Waals surface area contributed by atoms with Crippen molar-refractivity contribution in [1.82, 2.24) is 10.3 Å². The van der Waals surface area contributed by atoms with Crippen molar-refractivity contribution in [3.05, 3.63) is 59.4 Å². The largest absolute Gasteiger partial charge is 0.352 e. The summed E-state index contributed by atoms with van der Waals surface area (Å²) < 4.78 is 0. The molecule has 0 bridgehead atoms. The van der Waals surface area contributed by atoms with Crippen LogP contribution in [0.5, 0.6) is 0 Å². The number of amides is 2. The molecule has 0 spiro atoms. The number of anilines is 1. The fraction of sp³-hybridized carbons (Fsp3) is 0.350. The van der Waals surface area contributed by atoms with E-state index in [9.17, 15) is 9.59 Å². The molecule has 1 aromatic carbocycles. The van der Waals surface area contributed by atoms with Crippen LogP contribution in [0.2, 0.25) is 0 Å². The summed E-state index contributed by atoms with van der Waals surface area (Å²) in [7, 11) is 0. The number of pyridine rings is 1. The summed E-state index contributed by atoms with van der Waals surface area (Å²) in [5, 5.41) is 5.73. The molecule has 0 saturated carbocycles. The third kappa shape index (κ3) is 6.03. The molecule has 132 valence electrons. The highest BCUT2D eigenvalue weighted by molar-refractivity contribution is 5.95. The fourth-order valence-corrected chi connectivity index (χ4v) is 2.44. The number of hydrogen-bond donors (Lipinski definition) is 2. The molecule has 0 aliphatic carbocycles. The summed E-state index contributed by atoms with van der Waals surface area (Å²) >= 11 is 0. The maximum Gasteiger partial charge on any atom is 0.251 e. The first-order chi connectivity index (χ1) is 12.1. The van der Waals surface area contributed by atoms with Crippen molar-refractivity contribution >= 4 is 17.5 Å². The van der Waals surface area contributed by atoms with Crippen molar-refractivity contribution in [3.8, 4) is 0 Å². The maximum atomic E-state index is 12.2. The SMILES string of the molecule is CCCCC(=O)Nc1ccc(C(=O)NCCc2ncccc2C)cc1. The number of benzene rings is 1. The van der Waals surface area contributed by atoms with Gasteiger partial charge in [-0.1, -0.05) is 19.4 Å². The standard InChI is InChI=1S/C20H25N3O2/c1-3-4-7-19(24)23-17-10-8-16(9-11-17)20(25)22-14-12-18-15(2)6-5-13-21-18/h5-6,8-11,13H,3-4,7,12,14H2,1-2H3,(H,22,25)(H,23,24). The second-order valence-corrected chi connectivity index (χ2v) is 6.00. The van der Waals surface area contributed by atoms with Gasteiger partial charge in [-0.15, -0.1) is 0 Å². The number of carbonyl (C=O) groups is 2. The zero-order valence-electron chi connectivity index (χ0n) is 14.8. The highest BCUT2D eigenvalue weighted by atomic mass is 16.2. The van der Waals surface area contributed by atoms with Crippen molar-refractivity contribution in [2.24, 2.45) is 0 Å². The molecular weight excluding hydrogens is 314 g/mol. The van der Waals surface area contributed by atoms with E-state index in [1.54, 1.807) is 30.5 Å². The Morgan fingerprint density at radius 3 is 2.56 bits per heavy atom. The van der Waals surface area contributed by atoms with Crippen LogP contribution in [0.1, 0.15) is 47.8 Å². The molecule has 0 unspecified atom stereocenters. The Balaban J connectivity index is 1.82. The molecule has 2 aromatic rings. The maximum absolute atomic E-state index is 12.2. The zero-order valence-corrected chi connectivity index (χ0v) is 14.8. The van der Waals surface area contributed by atoms with Gasteiger partial charge in [-0.2, -0.15) is 0 Å². The van der Waals surface area contributed by atoms with E-state index in [-0.39, 0.29) is 11.8 Å². The monoisotopic (exact) mass is 339 g/mol. The molecule has 0 aliphatic rings. The number of unbranched alkanes of at least 4 members (excludes halogenated alkanes) is 1. The third-order valence-corrected chi connectivity index (χ3v) is 3.95. The van der Waals surface area contributed by atoms with Gasteiger partial charge in [-0.3, -0.25) is 14.6 Å². The number of rotatable bonds is 8. The Morgan fingerprint density at radius 1 is 1.12 bits per heavy atom. The third-order valence-electron chi connectivity index (χ3n) is 3.95. The van der Waals surface area contributed by atoms with Crippen molar-refractivity contribution < 1.29 is 9.59 Å². The van der Waals surface area contributed by atoms with Crippen LogP contribution in [-0.2, 0) is 11.2 Å². The molecular formula is C20H25N3O2. The zero-order chi connectivity index (χ0) is 18.1. The summed E-state index contributed by atoms with van der Waals surface area (Å²) in [6, 6.07) is 10.9. The van der Waals surface area contributed by atoms with Gasteiger partial charge in [0.2, 0.25) is 5.91 Å². The Bertz CT molecular complexity index is 711. The second kappa shape index (κ2) is 9.57. The van der Waals surface area contributed by atoms with Crippen LogP contribution < -0.4 is 10.6 Å². The number of nitrogens with zero attached hydrogens (tertiary/aromatic N) is 1. The van der Waals surface area contributed by atoms with Crippen LogP contribution >= 0.6 is 0 Å². The van der Waals surface area contributed by atoms with Crippen LogP contribution in [0.3, 0.4) is 0 Å². The van der Waals surface area contributed by atoms with Crippen LogP contribution in [-0.4, -0.2) is 23.3 Å². The molecule has 0 atom stereocenters. The van der Waals surface area contributed by atoms with Gasteiger partial charge in [-0.25, -0.2) is 0 Å².